The van der Waals surface area contributed by atoms with Crippen molar-refractivity contribution in [2.75, 3.05) is 19.3 Å². The van der Waals surface area contributed by atoms with Gasteiger partial charge in [-0.1, -0.05) is 38.1 Å². The van der Waals surface area contributed by atoms with E-state index in [4.69, 9.17) is 0 Å². The highest BCUT2D eigenvalue weighted by molar-refractivity contribution is 7.88. The van der Waals surface area contributed by atoms with Crippen LogP contribution in [0.25, 0.3) is 0 Å². The molecule has 0 aliphatic carbocycles. The third-order valence-corrected chi connectivity index (χ3v) is 3.39. The van der Waals surface area contributed by atoms with E-state index in [2.05, 4.69) is 48.2 Å². The van der Waals surface area contributed by atoms with Gasteiger partial charge in [-0.15, -0.1) is 0 Å². The van der Waals surface area contributed by atoms with Crippen LogP contribution in [0.5, 0.6) is 0 Å². The lowest BCUT2D eigenvalue weighted by atomic mass is 10.0. The van der Waals surface area contributed by atoms with E-state index in [9.17, 15) is 8.42 Å². The lowest BCUT2D eigenvalue weighted by Gasteiger charge is -2.08. The number of nitrogens with one attached hydrogen (secondary N) is 2. The largest absolute Gasteiger partial charge is 0.311 e. The minimum atomic E-state index is -3.08. The van der Waals surface area contributed by atoms with Gasteiger partial charge in [0.25, 0.3) is 0 Å². The highest BCUT2D eigenvalue weighted by Gasteiger charge is 2.00. The Kier molecular flexibility index (Phi) is 6.48. The molecular formula is C14H24N2O2S. The van der Waals surface area contributed by atoms with Crippen molar-refractivity contribution in [3.63, 3.8) is 0 Å². The fraction of sp³-hybridized carbons (Fsp3) is 0.571. The maximum atomic E-state index is 10.9. The third-order valence-electron chi connectivity index (χ3n) is 2.66. The SMILES string of the molecule is CC(C)Cc1ccc(CNCCNS(C)(=O)=O)cc1. The smallest absolute Gasteiger partial charge is 0.208 e. The third kappa shape index (κ3) is 7.97. The molecule has 0 spiro atoms. The maximum Gasteiger partial charge on any atom is 0.208 e. The lowest BCUT2D eigenvalue weighted by Crippen LogP contribution is -2.30. The first-order valence-corrected chi connectivity index (χ1v) is 8.49. The number of rotatable bonds is 8. The molecule has 1 aromatic rings. The molecule has 5 heteroatoms. The van der Waals surface area contributed by atoms with E-state index in [1.54, 1.807) is 0 Å². The molecule has 0 unspecified atom stereocenters. The summed E-state index contributed by atoms with van der Waals surface area (Å²) in [4.78, 5) is 0. The number of hydrogen-bond acceptors (Lipinski definition) is 3. The van der Waals surface area contributed by atoms with Crippen molar-refractivity contribution in [3.8, 4) is 0 Å². The zero-order valence-corrected chi connectivity index (χ0v) is 12.8. The van der Waals surface area contributed by atoms with Crippen molar-refractivity contribution in [1.82, 2.24) is 10.0 Å². The summed E-state index contributed by atoms with van der Waals surface area (Å²) in [5, 5.41) is 3.21. The Bertz CT molecular complexity index is 467. The van der Waals surface area contributed by atoms with Crippen LogP contribution in [0, 0.1) is 5.92 Å². The monoisotopic (exact) mass is 284 g/mol. The van der Waals surface area contributed by atoms with Crippen molar-refractivity contribution < 1.29 is 8.42 Å². The van der Waals surface area contributed by atoms with Gasteiger partial charge in [-0.2, -0.15) is 0 Å². The Morgan fingerprint density at radius 2 is 1.63 bits per heavy atom. The van der Waals surface area contributed by atoms with Gasteiger partial charge in [-0.3, -0.25) is 0 Å². The van der Waals surface area contributed by atoms with Gasteiger partial charge in [-0.25, -0.2) is 13.1 Å². The Balaban J connectivity index is 2.26. The normalized spacial score (nSPS) is 12.0. The zero-order valence-electron chi connectivity index (χ0n) is 11.9. The summed E-state index contributed by atoms with van der Waals surface area (Å²) in [7, 11) is -3.08. The van der Waals surface area contributed by atoms with Gasteiger partial charge in [0.2, 0.25) is 10.0 Å². The highest BCUT2D eigenvalue weighted by Crippen LogP contribution is 2.09. The van der Waals surface area contributed by atoms with E-state index >= 15 is 0 Å². The van der Waals surface area contributed by atoms with E-state index in [-0.39, 0.29) is 0 Å². The molecule has 0 bridgehead atoms. The van der Waals surface area contributed by atoms with E-state index in [1.807, 2.05) is 0 Å². The van der Waals surface area contributed by atoms with Gasteiger partial charge in [0, 0.05) is 19.6 Å². The first-order valence-electron chi connectivity index (χ1n) is 6.60. The van der Waals surface area contributed by atoms with Gasteiger partial charge in [0.1, 0.15) is 0 Å². The van der Waals surface area contributed by atoms with Crippen LogP contribution in [0.15, 0.2) is 24.3 Å². The van der Waals surface area contributed by atoms with Crippen LogP contribution in [0.2, 0.25) is 0 Å². The van der Waals surface area contributed by atoms with Gasteiger partial charge in [0.05, 0.1) is 6.26 Å². The molecule has 0 amide bonds. The molecule has 0 saturated carbocycles. The molecule has 1 rings (SSSR count). The van der Waals surface area contributed by atoms with Crippen LogP contribution in [0.4, 0.5) is 0 Å². The standard InChI is InChI=1S/C14H24N2O2S/c1-12(2)10-13-4-6-14(7-5-13)11-15-8-9-16-19(3,17)18/h4-7,12,15-16H,8-11H2,1-3H3. The molecule has 19 heavy (non-hydrogen) atoms. The number of hydrogen-bond donors (Lipinski definition) is 2. The first kappa shape index (κ1) is 16.1. The molecule has 0 atom stereocenters. The van der Waals surface area contributed by atoms with Crippen LogP contribution in [0.1, 0.15) is 25.0 Å². The van der Waals surface area contributed by atoms with Crippen LogP contribution < -0.4 is 10.0 Å². The Morgan fingerprint density at radius 3 is 2.16 bits per heavy atom. The van der Waals surface area contributed by atoms with E-state index in [0.29, 0.717) is 19.0 Å². The minimum absolute atomic E-state index is 0.421. The molecule has 4 nitrogen and oxygen atoms in total. The molecule has 0 aromatic heterocycles. The molecule has 2 N–H and O–H groups in total. The highest BCUT2D eigenvalue weighted by atomic mass is 32.2. The molecule has 0 radical (unpaired) electrons. The van der Waals surface area contributed by atoms with E-state index < -0.39 is 10.0 Å². The predicted octanol–water partition coefficient (Wildman–Crippen LogP) is 1.52. The summed E-state index contributed by atoms with van der Waals surface area (Å²) < 4.78 is 24.2. The van der Waals surface area contributed by atoms with E-state index in [0.717, 1.165) is 13.0 Å². The molecule has 1 aromatic carbocycles. The topological polar surface area (TPSA) is 58.2 Å². The van der Waals surface area contributed by atoms with Gasteiger partial charge in [0.15, 0.2) is 0 Å². The quantitative estimate of drug-likeness (QED) is 0.712. The molecular weight excluding hydrogens is 260 g/mol. The Hall–Kier alpha value is -0.910. The zero-order chi connectivity index (χ0) is 14.3. The average Bonchev–Trinajstić information content (AvgIpc) is 2.28. The average molecular weight is 284 g/mol. The van der Waals surface area contributed by atoms with Crippen molar-refractivity contribution in [1.29, 1.82) is 0 Å². The van der Waals surface area contributed by atoms with Crippen LogP contribution in [0.3, 0.4) is 0 Å². The molecule has 0 heterocycles. The fourth-order valence-corrected chi connectivity index (χ4v) is 2.29. The second kappa shape index (κ2) is 7.62. The first-order chi connectivity index (χ1) is 8.87. The summed E-state index contributed by atoms with van der Waals surface area (Å²) in [5.41, 5.74) is 2.57. The van der Waals surface area contributed by atoms with Crippen molar-refractivity contribution >= 4 is 10.0 Å². The van der Waals surface area contributed by atoms with E-state index in [1.165, 1.54) is 17.4 Å². The molecule has 0 aliphatic heterocycles. The lowest BCUT2D eigenvalue weighted by molar-refractivity contribution is 0.581. The minimum Gasteiger partial charge on any atom is -0.311 e. The van der Waals surface area contributed by atoms with Crippen LogP contribution >= 0.6 is 0 Å². The summed E-state index contributed by atoms with van der Waals surface area (Å²) in [6.45, 7) is 6.23. The van der Waals surface area contributed by atoms with Gasteiger partial charge in [-0.05, 0) is 23.5 Å². The summed E-state index contributed by atoms with van der Waals surface area (Å²) in [6.07, 6.45) is 2.27. The van der Waals surface area contributed by atoms with Crippen LogP contribution in [-0.4, -0.2) is 27.8 Å². The second-order valence-electron chi connectivity index (χ2n) is 5.26. The predicted molar refractivity (Wildman–Crippen MR) is 79.5 cm³/mol. The van der Waals surface area contributed by atoms with Gasteiger partial charge < -0.3 is 5.32 Å². The van der Waals surface area contributed by atoms with Crippen LogP contribution in [-0.2, 0) is 23.0 Å². The van der Waals surface area contributed by atoms with Gasteiger partial charge >= 0.3 is 0 Å². The second-order valence-corrected chi connectivity index (χ2v) is 7.09. The summed E-state index contributed by atoms with van der Waals surface area (Å²) >= 11 is 0. The summed E-state index contributed by atoms with van der Waals surface area (Å²) in [5.74, 6) is 0.672. The van der Waals surface area contributed by atoms with Crippen molar-refractivity contribution in [3.05, 3.63) is 35.4 Å². The Labute approximate surface area is 116 Å². The molecule has 108 valence electrons. The maximum absolute atomic E-state index is 10.9. The van der Waals surface area contributed by atoms with Crippen molar-refractivity contribution in [2.24, 2.45) is 5.92 Å². The molecule has 0 fully saturated rings. The Morgan fingerprint density at radius 1 is 1.05 bits per heavy atom. The summed E-state index contributed by atoms with van der Waals surface area (Å²) in [6, 6.07) is 8.56. The number of sulfonamides is 1. The number of benzene rings is 1. The van der Waals surface area contributed by atoms with Crippen molar-refractivity contribution in [2.45, 2.75) is 26.8 Å². The molecule has 0 saturated heterocycles. The fourth-order valence-electron chi connectivity index (χ4n) is 1.82. The molecule has 0 aliphatic rings.